The number of benzene rings is 1. The van der Waals surface area contributed by atoms with Gasteiger partial charge in [-0.25, -0.2) is 9.18 Å². The van der Waals surface area contributed by atoms with E-state index in [0.29, 0.717) is 4.47 Å². The molecule has 1 aromatic rings. The molecule has 0 aliphatic heterocycles. The Kier molecular flexibility index (Phi) is 4.61. The van der Waals surface area contributed by atoms with Crippen molar-refractivity contribution in [1.29, 1.82) is 0 Å². The molecule has 5 heteroatoms. The molecule has 3 nitrogen and oxygen atoms in total. The molecule has 0 aromatic heterocycles. The van der Waals surface area contributed by atoms with Crippen LogP contribution in [0.25, 0.3) is 0 Å². The van der Waals surface area contributed by atoms with E-state index >= 15 is 0 Å². The number of carbonyl (C=O) groups excluding carboxylic acids is 2. The molecule has 0 spiro atoms. The van der Waals surface area contributed by atoms with Gasteiger partial charge in [0.25, 0.3) is 6.17 Å². The van der Waals surface area contributed by atoms with Crippen LogP contribution >= 0.6 is 15.9 Å². The van der Waals surface area contributed by atoms with Crippen LogP contribution in [0.4, 0.5) is 4.39 Å². The largest absolute Gasteiger partial charge is 0.463 e. The molecule has 0 radical (unpaired) electrons. The van der Waals surface area contributed by atoms with E-state index in [1.807, 2.05) is 0 Å². The summed E-state index contributed by atoms with van der Waals surface area (Å²) in [5, 5.41) is 0. The maximum absolute atomic E-state index is 13.4. The molecule has 0 aliphatic rings. The summed E-state index contributed by atoms with van der Waals surface area (Å²) in [6, 6.07) is 6.33. The van der Waals surface area contributed by atoms with E-state index in [4.69, 9.17) is 0 Å². The lowest BCUT2D eigenvalue weighted by Crippen LogP contribution is -2.28. The topological polar surface area (TPSA) is 43.4 Å². The molecule has 0 heterocycles. The van der Waals surface area contributed by atoms with Crippen LogP contribution in [0.3, 0.4) is 0 Å². The highest BCUT2D eigenvalue weighted by Gasteiger charge is 2.29. The highest BCUT2D eigenvalue weighted by molar-refractivity contribution is 9.10. The predicted molar refractivity (Wildman–Crippen MR) is 60.0 cm³/mol. The Bertz CT molecular complexity index is 406. The van der Waals surface area contributed by atoms with Crippen LogP contribution in [0.15, 0.2) is 28.7 Å². The first-order valence-electron chi connectivity index (χ1n) is 4.67. The fourth-order valence-corrected chi connectivity index (χ4v) is 1.60. The van der Waals surface area contributed by atoms with E-state index in [0.717, 1.165) is 0 Å². The zero-order valence-electron chi connectivity index (χ0n) is 8.57. The number of alkyl halides is 1. The normalized spacial score (nSPS) is 11.9. The molecule has 0 fully saturated rings. The van der Waals surface area contributed by atoms with Crippen molar-refractivity contribution < 1.29 is 18.7 Å². The van der Waals surface area contributed by atoms with Crippen molar-refractivity contribution in [1.82, 2.24) is 0 Å². The molecular formula is C11H10BrFO3. The maximum atomic E-state index is 13.4. The highest BCUT2D eigenvalue weighted by Crippen LogP contribution is 2.18. The van der Waals surface area contributed by atoms with Gasteiger partial charge in [-0.1, -0.05) is 34.1 Å². The molecule has 1 atom stereocenters. The van der Waals surface area contributed by atoms with E-state index in [1.165, 1.54) is 6.07 Å². The number of halogens is 2. The summed E-state index contributed by atoms with van der Waals surface area (Å²) < 4.78 is 18.3. The number of carbonyl (C=O) groups is 2. The Labute approximate surface area is 101 Å². The van der Waals surface area contributed by atoms with Gasteiger partial charge in [-0.2, -0.15) is 0 Å². The van der Waals surface area contributed by atoms with Gasteiger partial charge in [0.05, 0.1) is 6.61 Å². The lowest BCUT2D eigenvalue weighted by atomic mass is 10.1. The lowest BCUT2D eigenvalue weighted by Gasteiger charge is -2.07. The number of hydrogen-bond donors (Lipinski definition) is 0. The molecular weight excluding hydrogens is 279 g/mol. The van der Waals surface area contributed by atoms with Crippen LogP contribution in [0, 0.1) is 0 Å². The summed E-state index contributed by atoms with van der Waals surface area (Å²) in [5.41, 5.74) is 0.128. The zero-order chi connectivity index (χ0) is 12.1. The molecule has 0 N–H and O–H groups in total. The zero-order valence-corrected chi connectivity index (χ0v) is 10.2. The Morgan fingerprint density at radius 1 is 1.44 bits per heavy atom. The van der Waals surface area contributed by atoms with Crippen molar-refractivity contribution in [2.75, 3.05) is 6.61 Å². The average Bonchev–Trinajstić information content (AvgIpc) is 2.28. The number of Topliss-reactive ketones (excluding diaryl/α,β-unsaturated/α-hetero) is 1. The third-order valence-electron chi connectivity index (χ3n) is 1.86. The third-order valence-corrected chi connectivity index (χ3v) is 2.55. The Hall–Kier alpha value is -1.23. The van der Waals surface area contributed by atoms with Gasteiger partial charge in [0.15, 0.2) is 0 Å². The number of ether oxygens (including phenoxy) is 1. The second kappa shape index (κ2) is 5.75. The van der Waals surface area contributed by atoms with Crippen LogP contribution in [0.5, 0.6) is 0 Å². The summed E-state index contributed by atoms with van der Waals surface area (Å²) in [6.07, 6.45) is -2.27. The highest BCUT2D eigenvalue weighted by atomic mass is 79.9. The molecule has 0 aliphatic carbocycles. The molecule has 0 bridgehead atoms. The van der Waals surface area contributed by atoms with Gasteiger partial charge in [0.1, 0.15) is 0 Å². The van der Waals surface area contributed by atoms with Crippen LogP contribution in [-0.2, 0) is 9.53 Å². The van der Waals surface area contributed by atoms with Gasteiger partial charge in [0, 0.05) is 10.0 Å². The first-order chi connectivity index (χ1) is 7.57. The predicted octanol–water partition coefficient (Wildman–Crippen LogP) is 2.53. The van der Waals surface area contributed by atoms with Crippen molar-refractivity contribution in [2.45, 2.75) is 13.1 Å². The number of rotatable bonds is 4. The van der Waals surface area contributed by atoms with E-state index in [-0.39, 0.29) is 12.2 Å². The first-order valence-corrected chi connectivity index (χ1v) is 5.46. The van der Waals surface area contributed by atoms with Crippen LogP contribution in [0.2, 0.25) is 0 Å². The van der Waals surface area contributed by atoms with Crippen LogP contribution in [0.1, 0.15) is 17.3 Å². The average molecular weight is 289 g/mol. The first kappa shape index (κ1) is 12.8. The van der Waals surface area contributed by atoms with E-state index in [9.17, 15) is 14.0 Å². The van der Waals surface area contributed by atoms with Gasteiger partial charge in [0.2, 0.25) is 5.78 Å². The summed E-state index contributed by atoms with van der Waals surface area (Å²) in [7, 11) is 0. The van der Waals surface area contributed by atoms with Gasteiger partial charge in [-0.15, -0.1) is 0 Å². The Balaban J connectivity index is 2.86. The minimum absolute atomic E-state index is 0.0441. The molecule has 16 heavy (non-hydrogen) atoms. The van der Waals surface area contributed by atoms with Crippen molar-refractivity contribution in [3.8, 4) is 0 Å². The molecule has 0 saturated carbocycles. The van der Waals surface area contributed by atoms with Crippen molar-refractivity contribution in [3.05, 3.63) is 34.3 Å². The second-order valence-corrected chi connectivity index (χ2v) is 3.81. The molecule has 1 rings (SSSR count). The molecule has 1 aromatic carbocycles. The lowest BCUT2D eigenvalue weighted by molar-refractivity contribution is -0.147. The summed E-state index contributed by atoms with van der Waals surface area (Å²) in [4.78, 5) is 22.6. The number of ketones is 1. The maximum Gasteiger partial charge on any atom is 0.349 e. The Morgan fingerprint density at radius 2 is 2.06 bits per heavy atom. The number of esters is 1. The van der Waals surface area contributed by atoms with Crippen molar-refractivity contribution in [2.24, 2.45) is 0 Å². The molecule has 1 unspecified atom stereocenters. The molecule has 86 valence electrons. The fourth-order valence-electron chi connectivity index (χ4n) is 1.12. The fraction of sp³-hybridized carbons (Fsp3) is 0.273. The summed E-state index contributed by atoms with van der Waals surface area (Å²) in [6.45, 7) is 1.59. The van der Waals surface area contributed by atoms with Crippen molar-refractivity contribution in [3.63, 3.8) is 0 Å². The molecule has 0 saturated heterocycles. The van der Waals surface area contributed by atoms with E-state index in [1.54, 1.807) is 25.1 Å². The quantitative estimate of drug-likeness (QED) is 0.486. The standard InChI is InChI=1S/C11H10BrFO3/c1-2-16-11(15)9(13)10(14)7-5-3-4-6-8(7)12/h3-6,9H,2H2,1H3. The van der Waals surface area contributed by atoms with Gasteiger partial charge in [-0.3, -0.25) is 4.79 Å². The smallest absolute Gasteiger partial charge is 0.349 e. The van der Waals surface area contributed by atoms with Gasteiger partial charge >= 0.3 is 5.97 Å². The van der Waals surface area contributed by atoms with Gasteiger partial charge < -0.3 is 4.74 Å². The Morgan fingerprint density at radius 3 is 2.62 bits per heavy atom. The summed E-state index contributed by atoms with van der Waals surface area (Å²) >= 11 is 3.11. The third kappa shape index (κ3) is 2.88. The minimum Gasteiger partial charge on any atom is -0.463 e. The van der Waals surface area contributed by atoms with Crippen LogP contribution < -0.4 is 0 Å². The van der Waals surface area contributed by atoms with E-state index < -0.39 is 17.9 Å². The van der Waals surface area contributed by atoms with Gasteiger partial charge in [-0.05, 0) is 13.0 Å². The van der Waals surface area contributed by atoms with Crippen LogP contribution in [-0.4, -0.2) is 24.5 Å². The SMILES string of the molecule is CCOC(=O)C(F)C(=O)c1ccccc1Br. The molecule has 0 amide bonds. The second-order valence-electron chi connectivity index (χ2n) is 2.96. The monoisotopic (exact) mass is 288 g/mol. The number of hydrogen-bond acceptors (Lipinski definition) is 3. The summed E-state index contributed by atoms with van der Waals surface area (Å²) in [5.74, 6) is -2.05. The minimum atomic E-state index is -2.27. The van der Waals surface area contributed by atoms with E-state index in [2.05, 4.69) is 20.7 Å². The van der Waals surface area contributed by atoms with Crippen molar-refractivity contribution >= 4 is 27.7 Å².